The van der Waals surface area contributed by atoms with E-state index >= 15 is 0 Å². The molecule has 4 nitrogen and oxygen atoms in total. The Morgan fingerprint density at radius 1 is 0.935 bits per heavy atom. The first-order valence-electron chi connectivity index (χ1n) is 11.7. The highest BCUT2D eigenvalue weighted by molar-refractivity contribution is 5.79. The molecule has 0 radical (unpaired) electrons. The SMILES string of the molecule is O=C(C1CCC1)N1CCC(Oc2ccc(-c3ccc(C4=CCCC=C4)nc3)cc2)CC1. The smallest absolute Gasteiger partial charge is 0.225 e. The summed E-state index contributed by atoms with van der Waals surface area (Å²) in [6.07, 6.45) is 16.2. The Kier molecular flexibility index (Phi) is 5.88. The second kappa shape index (κ2) is 9.09. The summed E-state index contributed by atoms with van der Waals surface area (Å²) >= 11 is 0. The maximum Gasteiger partial charge on any atom is 0.225 e. The molecule has 1 amide bonds. The van der Waals surface area contributed by atoms with Gasteiger partial charge in [-0.1, -0.05) is 42.8 Å². The average molecular weight is 415 g/mol. The zero-order chi connectivity index (χ0) is 21.0. The number of carbonyl (C=O) groups excluding carboxylic acids is 1. The maximum atomic E-state index is 12.4. The molecule has 1 aromatic heterocycles. The predicted octanol–water partition coefficient (Wildman–Crippen LogP) is 5.65. The van der Waals surface area contributed by atoms with Crippen LogP contribution >= 0.6 is 0 Å². The first-order chi connectivity index (χ1) is 15.3. The number of pyridine rings is 1. The Morgan fingerprint density at radius 2 is 1.71 bits per heavy atom. The molecule has 4 heteroatoms. The summed E-state index contributed by atoms with van der Waals surface area (Å²) in [4.78, 5) is 19.1. The quantitative estimate of drug-likeness (QED) is 0.635. The van der Waals surface area contributed by atoms with Crippen LogP contribution in [0.25, 0.3) is 16.7 Å². The zero-order valence-corrected chi connectivity index (χ0v) is 18.0. The molecule has 31 heavy (non-hydrogen) atoms. The standard InChI is InChI=1S/C27H30N2O2/c30-27(22-7-4-8-22)29-17-15-25(16-18-29)31-24-12-9-20(10-13-24)23-11-14-26(28-19-23)21-5-2-1-3-6-21/h2,5-6,9-14,19,22,25H,1,3-4,7-8,15-18H2. The van der Waals surface area contributed by atoms with Crippen molar-refractivity contribution < 1.29 is 9.53 Å². The van der Waals surface area contributed by atoms with Crippen LogP contribution in [0.1, 0.15) is 50.6 Å². The molecule has 0 N–H and O–H groups in total. The molecule has 1 aromatic carbocycles. The van der Waals surface area contributed by atoms with Crippen molar-refractivity contribution in [3.8, 4) is 16.9 Å². The van der Waals surface area contributed by atoms with E-state index in [0.717, 1.165) is 74.2 Å². The summed E-state index contributed by atoms with van der Waals surface area (Å²) in [5.74, 6) is 1.56. The lowest BCUT2D eigenvalue weighted by atomic mass is 9.84. The zero-order valence-electron chi connectivity index (χ0n) is 18.0. The van der Waals surface area contributed by atoms with Gasteiger partial charge >= 0.3 is 0 Å². The molecule has 5 rings (SSSR count). The number of hydrogen-bond acceptors (Lipinski definition) is 3. The second-order valence-electron chi connectivity index (χ2n) is 8.87. The Balaban J connectivity index is 1.16. The third kappa shape index (κ3) is 4.58. The minimum absolute atomic E-state index is 0.189. The lowest BCUT2D eigenvalue weighted by molar-refractivity contribution is -0.140. The maximum absolute atomic E-state index is 12.4. The fraction of sp³-hybridized carbons (Fsp3) is 0.407. The average Bonchev–Trinajstić information content (AvgIpc) is 2.80. The number of likely N-dealkylation sites (tertiary alicyclic amines) is 1. The molecular weight excluding hydrogens is 384 g/mol. The lowest BCUT2D eigenvalue weighted by Gasteiger charge is -2.36. The Hall–Kier alpha value is -2.88. The Morgan fingerprint density at radius 3 is 2.32 bits per heavy atom. The Bertz CT molecular complexity index is 963. The summed E-state index contributed by atoms with van der Waals surface area (Å²) in [5.41, 5.74) is 4.49. The number of allylic oxidation sites excluding steroid dienone is 4. The minimum Gasteiger partial charge on any atom is -0.490 e. The molecule has 2 fully saturated rings. The molecule has 1 saturated carbocycles. The van der Waals surface area contributed by atoms with Crippen LogP contribution in [-0.2, 0) is 4.79 Å². The van der Waals surface area contributed by atoms with Crippen molar-refractivity contribution in [1.82, 2.24) is 9.88 Å². The molecule has 2 heterocycles. The number of aromatic nitrogens is 1. The molecule has 3 aliphatic rings. The highest BCUT2D eigenvalue weighted by atomic mass is 16.5. The van der Waals surface area contributed by atoms with Gasteiger partial charge in [-0.2, -0.15) is 0 Å². The van der Waals surface area contributed by atoms with E-state index in [-0.39, 0.29) is 6.10 Å². The number of ether oxygens (including phenoxy) is 1. The number of benzene rings is 1. The third-order valence-corrected chi connectivity index (χ3v) is 6.75. The second-order valence-corrected chi connectivity index (χ2v) is 8.87. The van der Waals surface area contributed by atoms with Crippen LogP contribution < -0.4 is 4.74 Å². The van der Waals surface area contributed by atoms with Gasteiger partial charge in [0, 0.05) is 43.6 Å². The number of carbonyl (C=O) groups is 1. The van der Waals surface area contributed by atoms with E-state index in [9.17, 15) is 4.79 Å². The van der Waals surface area contributed by atoms with Gasteiger partial charge in [-0.05, 0) is 55.0 Å². The number of nitrogens with zero attached hydrogens (tertiary/aromatic N) is 2. The van der Waals surface area contributed by atoms with Crippen molar-refractivity contribution in [1.29, 1.82) is 0 Å². The molecular formula is C27H30N2O2. The molecule has 0 bridgehead atoms. The fourth-order valence-electron chi connectivity index (χ4n) is 4.56. The summed E-state index contributed by atoms with van der Waals surface area (Å²) in [5, 5.41) is 0. The molecule has 2 aromatic rings. The molecule has 1 aliphatic heterocycles. The van der Waals surface area contributed by atoms with E-state index in [1.807, 2.05) is 23.2 Å². The van der Waals surface area contributed by atoms with Crippen molar-refractivity contribution in [2.24, 2.45) is 5.92 Å². The van der Waals surface area contributed by atoms with E-state index in [1.54, 1.807) is 0 Å². The highest BCUT2D eigenvalue weighted by Crippen LogP contribution is 2.30. The molecule has 160 valence electrons. The fourth-order valence-corrected chi connectivity index (χ4v) is 4.56. The van der Waals surface area contributed by atoms with Crippen molar-refractivity contribution >= 4 is 11.5 Å². The molecule has 0 atom stereocenters. The minimum atomic E-state index is 0.189. The first kappa shape index (κ1) is 20.0. The first-order valence-corrected chi connectivity index (χ1v) is 11.7. The van der Waals surface area contributed by atoms with Crippen LogP contribution in [0, 0.1) is 5.92 Å². The summed E-state index contributed by atoms with van der Waals surface area (Å²) in [7, 11) is 0. The van der Waals surface area contributed by atoms with Crippen molar-refractivity contribution in [2.75, 3.05) is 13.1 Å². The van der Waals surface area contributed by atoms with Crippen LogP contribution in [0.15, 0.2) is 60.8 Å². The van der Waals surface area contributed by atoms with Gasteiger partial charge in [0.05, 0.1) is 5.69 Å². The number of hydrogen-bond donors (Lipinski definition) is 0. The van der Waals surface area contributed by atoms with Gasteiger partial charge in [0.2, 0.25) is 5.91 Å². The lowest BCUT2D eigenvalue weighted by Crippen LogP contribution is -2.45. The normalized spacial score (nSPS) is 19.6. The molecule has 2 aliphatic carbocycles. The molecule has 0 spiro atoms. The topological polar surface area (TPSA) is 42.4 Å². The van der Waals surface area contributed by atoms with Crippen molar-refractivity contribution in [3.05, 3.63) is 66.5 Å². The summed E-state index contributed by atoms with van der Waals surface area (Å²) < 4.78 is 6.20. The van der Waals surface area contributed by atoms with Gasteiger partial charge in [0.1, 0.15) is 11.9 Å². The van der Waals surface area contributed by atoms with Gasteiger partial charge in [-0.3, -0.25) is 9.78 Å². The highest BCUT2D eigenvalue weighted by Gasteiger charge is 2.32. The van der Waals surface area contributed by atoms with Gasteiger partial charge in [-0.25, -0.2) is 0 Å². The van der Waals surface area contributed by atoms with Gasteiger partial charge in [0.15, 0.2) is 0 Å². The largest absolute Gasteiger partial charge is 0.490 e. The van der Waals surface area contributed by atoms with Crippen LogP contribution in [0.5, 0.6) is 5.75 Å². The number of rotatable bonds is 5. The van der Waals surface area contributed by atoms with E-state index < -0.39 is 0 Å². The molecule has 0 unspecified atom stereocenters. The van der Waals surface area contributed by atoms with Crippen LogP contribution in [0.2, 0.25) is 0 Å². The van der Waals surface area contributed by atoms with Crippen LogP contribution in [0.3, 0.4) is 0 Å². The van der Waals surface area contributed by atoms with E-state index in [1.165, 1.54) is 12.0 Å². The van der Waals surface area contributed by atoms with E-state index in [2.05, 4.69) is 47.5 Å². The number of amides is 1. The van der Waals surface area contributed by atoms with Crippen LogP contribution in [-0.4, -0.2) is 35.0 Å². The van der Waals surface area contributed by atoms with Gasteiger partial charge < -0.3 is 9.64 Å². The number of piperidine rings is 1. The summed E-state index contributed by atoms with van der Waals surface area (Å²) in [6.45, 7) is 1.64. The molecule has 1 saturated heterocycles. The summed E-state index contributed by atoms with van der Waals surface area (Å²) in [6, 6.07) is 12.5. The van der Waals surface area contributed by atoms with Crippen molar-refractivity contribution in [2.45, 2.75) is 51.0 Å². The predicted molar refractivity (Wildman–Crippen MR) is 124 cm³/mol. The van der Waals surface area contributed by atoms with Gasteiger partial charge in [0.25, 0.3) is 0 Å². The third-order valence-electron chi connectivity index (χ3n) is 6.75. The van der Waals surface area contributed by atoms with E-state index in [4.69, 9.17) is 4.74 Å². The monoisotopic (exact) mass is 414 g/mol. The Labute approximate surface area is 184 Å². The van der Waals surface area contributed by atoms with Crippen molar-refractivity contribution in [3.63, 3.8) is 0 Å². The van der Waals surface area contributed by atoms with Crippen LogP contribution in [0.4, 0.5) is 0 Å². The van der Waals surface area contributed by atoms with E-state index in [0.29, 0.717) is 11.8 Å². The van der Waals surface area contributed by atoms with Gasteiger partial charge in [-0.15, -0.1) is 0 Å².